The van der Waals surface area contributed by atoms with Crippen molar-refractivity contribution in [3.05, 3.63) is 0 Å². The molecule has 1 fully saturated rings. The minimum atomic E-state index is 0.604. The second kappa shape index (κ2) is 8.35. The summed E-state index contributed by atoms with van der Waals surface area (Å²) in [7, 11) is 1.86. The summed E-state index contributed by atoms with van der Waals surface area (Å²) in [6.07, 6.45) is 2.61. The fourth-order valence-corrected chi connectivity index (χ4v) is 2.27. The van der Waals surface area contributed by atoms with Gasteiger partial charge in [-0.15, -0.1) is 0 Å². The number of nitrogens with one attached hydrogen (secondary N) is 1. The maximum Gasteiger partial charge on any atom is 0.193 e. The summed E-state index contributed by atoms with van der Waals surface area (Å²) < 4.78 is 5.56. The molecule has 0 spiro atoms. The van der Waals surface area contributed by atoms with E-state index in [-0.39, 0.29) is 0 Å². The molecule has 106 valence electrons. The first-order chi connectivity index (χ1) is 8.63. The number of nitrogens with zero attached hydrogens (tertiary/aromatic N) is 2. The Balaban J connectivity index is 2.21. The van der Waals surface area contributed by atoms with Gasteiger partial charge in [0.2, 0.25) is 0 Å². The molecule has 0 saturated carbocycles. The molecule has 0 radical (unpaired) electrons. The molecule has 1 saturated heterocycles. The van der Waals surface area contributed by atoms with Gasteiger partial charge in [0, 0.05) is 33.3 Å². The van der Waals surface area contributed by atoms with Crippen molar-refractivity contribution >= 4 is 5.96 Å². The molecule has 0 aliphatic carbocycles. The summed E-state index contributed by atoms with van der Waals surface area (Å²) in [5.41, 5.74) is 0. The quantitative estimate of drug-likeness (QED) is 0.463. The molecule has 1 rings (SSSR count). The lowest BCUT2D eigenvalue weighted by Crippen LogP contribution is -2.47. The van der Waals surface area contributed by atoms with Crippen molar-refractivity contribution in [1.29, 1.82) is 0 Å². The van der Waals surface area contributed by atoms with E-state index in [2.05, 4.69) is 36.0 Å². The van der Waals surface area contributed by atoms with Crippen molar-refractivity contribution in [3.8, 4) is 0 Å². The molecule has 4 nitrogen and oxygen atoms in total. The molecule has 1 heterocycles. The van der Waals surface area contributed by atoms with E-state index in [4.69, 9.17) is 4.74 Å². The van der Waals surface area contributed by atoms with Gasteiger partial charge in [-0.05, 0) is 24.7 Å². The Morgan fingerprint density at radius 3 is 2.89 bits per heavy atom. The molecule has 0 amide bonds. The summed E-state index contributed by atoms with van der Waals surface area (Å²) in [5.74, 6) is 2.40. The van der Waals surface area contributed by atoms with Crippen LogP contribution < -0.4 is 5.32 Å². The van der Waals surface area contributed by atoms with Crippen LogP contribution in [0.4, 0.5) is 0 Å². The molecule has 18 heavy (non-hydrogen) atoms. The molecular formula is C14H29N3O. The summed E-state index contributed by atoms with van der Waals surface area (Å²) in [6.45, 7) is 11.3. The van der Waals surface area contributed by atoms with Crippen LogP contribution in [0.5, 0.6) is 0 Å². The SMILES string of the molecule is CN=C(NCCOCC(C)C)N1CCCC(C)C1. The van der Waals surface area contributed by atoms with E-state index in [9.17, 15) is 0 Å². The number of ether oxygens (including phenoxy) is 1. The number of hydrogen-bond donors (Lipinski definition) is 1. The minimum Gasteiger partial charge on any atom is -0.379 e. The normalized spacial score (nSPS) is 21.5. The monoisotopic (exact) mass is 255 g/mol. The van der Waals surface area contributed by atoms with E-state index in [1.807, 2.05) is 7.05 Å². The van der Waals surface area contributed by atoms with E-state index in [0.717, 1.165) is 44.7 Å². The lowest BCUT2D eigenvalue weighted by molar-refractivity contribution is 0.113. The number of guanidine groups is 1. The highest BCUT2D eigenvalue weighted by atomic mass is 16.5. The Kier molecular flexibility index (Phi) is 7.09. The summed E-state index contributed by atoms with van der Waals surface area (Å²) in [6, 6.07) is 0. The van der Waals surface area contributed by atoms with Gasteiger partial charge < -0.3 is 15.0 Å². The minimum absolute atomic E-state index is 0.604. The third-order valence-corrected chi connectivity index (χ3v) is 3.15. The molecular weight excluding hydrogens is 226 g/mol. The van der Waals surface area contributed by atoms with Gasteiger partial charge in [0.05, 0.1) is 6.61 Å². The van der Waals surface area contributed by atoms with Crippen LogP contribution in [-0.2, 0) is 4.74 Å². The zero-order valence-corrected chi connectivity index (χ0v) is 12.4. The predicted octanol–water partition coefficient (Wildman–Crippen LogP) is 1.97. The number of likely N-dealkylation sites (tertiary alicyclic amines) is 1. The molecule has 1 N–H and O–H groups in total. The lowest BCUT2D eigenvalue weighted by atomic mass is 10.0. The molecule has 1 unspecified atom stereocenters. The van der Waals surface area contributed by atoms with Gasteiger partial charge in [0.25, 0.3) is 0 Å². The van der Waals surface area contributed by atoms with Crippen LogP contribution in [0.25, 0.3) is 0 Å². The molecule has 1 atom stereocenters. The smallest absolute Gasteiger partial charge is 0.193 e. The highest BCUT2D eigenvalue weighted by molar-refractivity contribution is 5.79. The van der Waals surface area contributed by atoms with Crippen molar-refractivity contribution in [3.63, 3.8) is 0 Å². The van der Waals surface area contributed by atoms with Crippen molar-refractivity contribution in [2.24, 2.45) is 16.8 Å². The Morgan fingerprint density at radius 2 is 2.28 bits per heavy atom. The number of rotatable bonds is 5. The first-order valence-corrected chi connectivity index (χ1v) is 7.16. The van der Waals surface area contributed by atoms with E-state index in [1.54, 1.807) is 0 Å². The van der Waals surface area contributed by atoms with Crippen LogP contribution in [0, 0.1) is 11.8 Å². The topological polar surface area (TPSA) is 36.9 Å². The van der Waals surface area contributed by atoms with Crippen molar-refractivity contribution in [1.82, 2.24) is 10.2 Å². The molecule has 0 bridgehead atoms. The number of aliphatic imine (C=N–C) groups is 1. The third kappa shape index (κ3) is 5.71. The third-order valence-electron chi connectivity index (χ3n) is 3.15. The Morgan fingerprint density at radius 1 is 1.50 bits per heavy atom. The maximum absolute atomic E-state index is 5.56. The first kappa shape index (κ1) is 15.3. The highest BCUT2D eigenvalue weighted by Crippen LogP contribution is 2.15. The van der Waals surface area contributed by atoms with E-state index in [1.165, 1.54) is 12.8 Å². The zero-order valence-electron chi connectivity index (χ0n) is 12.4. The Hall–Kier alpha value is -0.770. The molecule has 0 aromatic heterocycles. The van der Waals surface area contributed by atoms with Crippen LogP contribution in [0.2, 0.25) is 0 Å². The second-order valence-electron chi connectivity index (χ2n) is 5.64. The van der Waals surface area contributed by atoms with Crippen LogP contribution in [0.15, 0.2) is 4.99 Å². The van der Waals surface area contributed by atoms with Gasteiger partial charge in [-0.25, -0.2) is 0 Å². The molecule has 0 aromatic rings. The van der Waals surface area contributed by atoms with Crippen LogP contribution in [0.1, 0.15) is 33.6 Å². The molecule has 0 aromatic carbocycles. The molecule has 4 heteroatoms. The fourth-order valence-electron chi connectivity index (χ4n) is 2.27. The van der Waals surface area contributed by atoms with E-state index in [0.29, 0.717) is 5.92 Å². The van der Waals surface area contributed by atoms with Crippen LogP contribution in [-0.4, -0.2) is 50.8 Å². The van der Waals surface area contributed by atoms with Gasteiger partial charge in [-0.3, -0.25) is 4.99 Å². The lowest BCUT2D eigenvalue weighted by Gasteiger charge is -2.33. The summed E-state index contributed by atoms with van der Waals surface area (Å²) >= 11 is 0. The summed E-state index contributed by atoms with van der Waals surface area (Å²) in [4.78, 5) is 6.71. The predicted molar refractivity (Wildman–Crippen MR) is 77.0 cm³/mol. The second-order valence-corrected chi connectivity index (χ2v) is 5.64. The Bertz CT molecular complexity index is 253. The zero-order chi connectivity index (χ0) is 13.4. The van der Waals surface area contributed by atoms with Crippen LogP contribution >= 0.6 is 0 Å². The standard InChI is InChI=1S/C14H29N3O/c1-12(2)11-18-9-7-16-14(15-4)17-8-5-6-13(3)10-17/h12-13H,5-11H2,1-4H3,(H,15,16). The average molecular weight is 255 g/mol. The molecule has 1 aliphatic heterocycles. The number of piperidine rings is 1. The molecule has 1 aliphatic rings. The fraction of sp³-hybridized carbons (Fsp3) is 0.929. The van der Waals surface area contributed by atoms with Gasteiger partial charge in [-0.1, -0.05) is 20.8 Å². The van der Waals surface area contributed by atoms with Gasteiger partial charge in [0.1, 0.15) is 0 Å². The summed E-state index contributed by atoms with van der Waals surface area (Å²) in [5, 5.41) is 3.38. The van der Waals surface area contributed by atoms with Gasteiger partial charge >= 0.3 is 0 Å². The van der Waals surface area contributed by atoms with E-state index < -0.39 is 0 Å². The highest BCUT2D eigenvalue weighted by Gasteiger charge is 2.18. The van der Waals surface area contributed by atoms with Gasteiger partial charge in [0.15, 0.2) is 5.96 Å². The van der Waals surface area contributed by atoms with Crippen LogP contribution in [0.3, 0.4) is 0 Å². The largest absolute Gasteiger partial charge is 0.379 e. The van der Waals surface area contributed by atoms with Gasteiger partial charge in [-0.2, -0.15) is 0 Å². The van der Waals surface area contributed by atoms with Crippen molar-refractivity contribution in [2.75, 3.05) is 39.9 Å². The number of hydrogen-bond acceptors (Lipinski definition) is 2. The maximum atomic E-state index is 5.56. The average Bonchev–Trinajstić information content (AvgIpc) is 2.33. The first-order valence-electron chi connectivity index (χ1n) is 7.16. The van der Waals surface area contributed by atoms with E-state index >= 15 is 0 Å². The van der Waals surface area contributed by atoms with Crippen molar-refractivity contribution in [2.45, 2.75) is 33.6 Å². The van der Waals surface area contributed by atoms with Crippen molar-refractivity contribution < 1.29 is 4.74 Å². The Labute approximate surface area is 112 Å².